The molecule has 1 rings (SSSR count). The lowest BCUT2D eigenvalue weighted by Crippen LogP contribution is -2.28. The second-order valence-corrected chi connectivity index (χ2v) is 4.28. The van der Waals surface area contributed by atoms with Crippen molar-refractivity contribution in [1.82, 2.24) is 15.1 Å². The highest BCUT2D eigenvalue weighted by Gasteiger charge is 2.06. The number of hydrogen-bond acceptors (Lipinski definition) is 5. The molecule has 0 unspecified atom stereocenters. The average Bonchev–Trinajstić information content (AvgIpc) is 2.34. The molecule has 1 heterocycles. The fourth-order valence-electron chi connectivity index (χ4n) is 1.62. The van der Waals surface area contributed by atoms with Gasteiger partial charge in [0.25, 0.3) is 0 Å². The zero-order valence-electron chi connectivity index (χ0n) is 10.9. The smallest absolute Gasteiger partial charge is 0.151 e. The van der Waals surface area contributed by atoms with Crippen molar-refractivity contribution in [3.63, 3.8) is 0 Å². The second kappa shape index (κ2) is 7.19. The van der Waals surface area contributed by atoms with Gasteiger partial charge < -0.3 is 14.9 Å². The molecule has 0 atom stereocenters. The zero-order valence-corrected chi connectivity index (χ0v) is 10.9. The van der Waals surface area contributed by atoms with E-state index in [0.29, 0.717) is 5.69 Å². The van der Waals surface area contributed by atoms with E-state index in [-0.39, 0.29) is 6.61 Å². The highest BCUT2D eigenvalue weighted by atomic mass is 16.3. The van der Waals surface area contributed by atoms with Gasteiger partial charge in [0.05, 0.1) is 12.3 Å². The minimum Gasteiger partial charge on any atom is -0.390 e. The lowest BCUT2D eigenvalue weighted by Gasteiger charge is -2.22. The molecule has 0 aliphatic carbocycles. The third-order valence-electron chi connectivity index (χ3n) is 2.61. The topological polar surface area (TPSA) is 52.5 Å². The quantitative estimate of drug-likeness (QED) is 0.759. The molecule has 0 bridgehead atoms. The number of rotatable bonds is 7. The van der Waals surface area contributed by atoms with E-state index in [1.165, 1.54) is 0 Å². The van der Waals surface area contributed by atoms with Crippen LogP contribution in [0, 0.1) is 0 Å². The van der Waals surface area contributed by atoms with Gasteiger partial charge in [-0.2, -0.15) is 5.10 Å². The fraction of sp³-hybridized carbons (Fsp3) is 0.667. The normalized spacial score (nSPS) is 10.9. The monoisotopic (exact) mass is 238 g/mol. The Morgan fingerprint density at radius 3 is 2.41 bits per heavy atom. The first-order valence-electron chi connectivity index (χ1n) is 6.00. The van der Waals surface area contributed by atoms with Gasteiger partial charge in [-0.05, 0) is 46.1 Å². The standard InChI is InChI=1S/C12H22N4O/c1-4-16(9-5-8-15(2)3)12-7-6-11(10-17)13-14-12/h6-7,17H,4-5,8-10H2,1-3H3. The molecule has 0 aliphatic heterocycles. The molecule has 1 N–H and O–H groups in total. The zero-order chi connectivity index (χ0) is 12.7. The molecule has 0 amide bonds. The van der Waals surface area contributed by atoms with E-state index in [0.717, 1.165) is 31.9 Å². The molecule has 5 nitrogen and oxygen atoms in total. The third-order valence-corrected chi connectivity index (χ3v) is 2.61. The molecular formula is C12H22N4O. The maximum atomic E-state index is 8.91. The Morgan fingerprint density at radius 1 is 1.18 bits per heavy atom. The predicted octanol–water partition coefficient (Wildman–Crippen LogP) is 0.747. The summed E-state index contributed by atoms with van der Waals surface area (Å²) in [4.78, 5) is 4.37. The van der Waals surface area contributed by atoms with Crippen LogP contribution in [0.25, 0.3) is 0 Å². The van der Waals surface area contributed by atoms with Crippen LogP contribution in [0.15, 0.2) is 12.1 Å². The lowest BCUT2D eigenvalue weighted by molar-refractivity contribution is 0.275. The SMILES string of the molecule is CCN(CCCN(C)C)c1ccc(CO)nn1. The molecule has 0 radical (unpaired) electrons. The predicted molar refractivity (Wildman–Crippen MR) is 69.0 cm³/mol. The number of aliphatic hydroxyl groups is 1. The first-order chi connectivity index (χ1) is 8.17. The minimum absolute atomic E-state index is 0.0555. The van der Waals surface area contributed by atoms with Crippen LogP contribution in [0.1, 0.15) is 19.0 Å². The summed E-state index contributed by atoms with van der Waals surface area (Å²) >= 11 is 0. The molecule has 0 saturated carbocycles. The molecule has 5 heteroatoms. The van der Waals surface area contributed by atoms with Crippen LogP contribution in [-0.2, 0) is 6.61 Å². The van der Waals surface area contributed by atoms with Crippen molar-refractivity contribution in [2.24, 2.45) is 0 Å². The van der Waals surface area contributed by atoms with Crippen LogP contribution < -0.4 is 4.90 Å². The molecule has 0 fully saturated rings. The van der Waals surface area contributed by atoms with Gasteiger partial charge in [-0.15, -0.1) is 5.10 Å². The number of nitrogens with zero attached hydrogens (tertiary/aromatic N) is 4. The van der Waals surface area contributed by atoms with Crippen LogP contribution in [0.5, 0.6) is 0 Å². The highest BCUT2D eigenvalue weighted by Crippen LogP contribution is 2.09. The van der Waals surface area contributed by atoms with Gasteiger partial charge in [0.1, 0.15) is 0 Å². The van der Waals surface area contributed by atoms with Crippen molar-refractivity contribution in [3.05, 3.63) is 17.8 Å². The van der Waals surface area contributed by atoms with Crippen LogP contribution in [0.3, 0.4) is 0 Å². The molecular weight excluding hydrogens is 216 g/mol. The summed E-state index contributed by atoms with van der Waals surface area (Å²) in [6.07, 6.45) is 1.10. The molecule has 17 heavy (non-hydrogen) atoms. The summed E-state index contributed by atoms with van der Waals surface area (Å²) in [6.45, 7) is 5.01. The summed E-state index contributed by atoms with van der Waals surface area (Å²) in [5, 5.41) is 17.0. The number of hydrogen-bond donors (Lipinski definition) is 1. The van der Waals surface area contributed by atoms with Crippen LogP contribution in [0.2, 0.25) is 0 Å². The van der Waals surface area contributed by atoms with Gasteiger partial charge in [-0.25, -0.2) is 0 Å². The van der Waals surface area contributed by atoms with Gasteiger partial charge in [0.2, 0.25) is 0 Å². The molecule has 96 valence electrons. The van der Waals surface area contributed by atoms with Crippen LogP contribution in [0.4, 0.5) is 5.82 Å². The van der Waals surface area contributed by atoms with Crippen molar-refractivity contribution in [2.75, 3.05) is 38.6 Å². The number of aromatic nitrogens is 2. The molecule has 0 spiro atoms. The Labute approximate surface area is 103 Å². The Hall–Kier alpha value is -1.20. The summed E-state index contributed by atoms with van der Waals surface area (Å²) < 4.78 is 0. The first kappa shape index (κ1) is 13.9. The van der Waals surface area contributed by atoms with Crippen molar-refractivity contribution in [2.45, 2.75) is 20.0 Å². The molecule has 1 aromatic rings. The van der Waals surface area contributed by atoms with E-state index < -0.39 is 0 Å². The average molecular weight is 238 g/mol. The van der Waals surface area contributed by atoms with E-state index in [9.17, 15) is 0 Å². The van der Waals surface area contributed by atoms with E-state index in [4.69, 9.17) is 5.11 Å². The van der Waals surface area contributed by atoms with E-state index in [1.807, 2.05) is 12.1 Å². The van der Waals surface area contributed by atoms with E-state index >= 15 is 0 Å². The molecule has 0 aromatic carbocycles. The number of anilines is 1. The molecule has 0 aliphatic rings. The van der Waals surface area contributed by atoms with Crippen molar-refractivity contribution >= 4 is 5.82 Å². The lowest BCUT2D eigenvalue weighted by atomic mass is 10.3. The van der Waals surface area contributed by atoms with Gasteiger partial charge in [-0.3, -0.25) is 0 Å². The fourth-order valence-corrected chi connectivity index (χ4v) is 1.62. The molecule has 1 aromatic heterocycles. The van der Waals surface area contributed by atoms with Crippen molar-refractivity contribution in [1.29, 1.82) is 0 Å². The second-order valence-electron chi connectivity index (χ2n) is 4.28. The van der Waals surface area contributed by atoms with E-state index in [2.05, 4.69) is 41.0 Å². The molecule has 0 saturated heterocycles. The Morgan fingerprint density at radius 2 is 1.94 bits per heavy atom. The highest BCUT2D eigenvalue weighted by molar-refractivity contribution is 5.36. The maximum Gasteiger partial charge on any atom is 0.151 e. The summed E-state index contributed by atoms with van der Waals surface area (Å²) in [6, 6.07) is 3.73. The summed E-state index contributed by atoms with van der Waals surface area (Å²) in [7, 11) is 4.15. The van der Waals surface area contributed by atoms with Crippen molar-refractivity contribution in [3.8, 4) is 0 Å². The van der Waals surface area contributed by atoms with Crippen LogP contribution in [-0.4, -0.2) is 53.9 Å². The largest absolute Gasteiger partial charge is 0.390 e. The van der Waals surface area contributed by atoms with Crippen molar-refractivity contribution < 1.29 is 5.11 Å². The van der Waals surface area contributed by atoms with Crippen LogP contribution >= 0.6 is 0 Å². The van der Waals surface area contributed by atoms with E-state index in [1.54, 1.807) is 0 Å². The Balaban J connectivity index is 2.53. The Bertz CT molecular complexity index is 313. The maximum absolute atomic E-state index is 8.91. The van der Waals surface area contributed by atoms with Gasteiger partial charge >= 0.3 is 0 Å². The summed E-state index contributed by atoms with van der Waals surface area (Å²) in [5.41, 5.74) is 0.609. The minimum atomic E-state index is -0.0555. The van der Waals surface area contributed by atoms with Gasteiger partial charge in [-0.1, -0.05) is 0 Å². The van der Waals surface area contributed by atoms with Gasteiger partial charge in [0, 0.05) is 13.1 Å². The summed E-state index contributed by atoms with van der Waals surface area (Å²) in [5.74, 6) is 0.878. The number of aliphatic hydroxyl groups excluding tert-OH is 1. The van der Waals surface area contributed by atoms with Gasteiger partial charge in [0.15, 0.2) is 5.82 Å². The Kier molecular flexibility index (Phi) is 5.86. The third kappa shape index (κ3) is 4.66. The first-order valence-corrected chi connectivity index (χ1v) is 6.00.